The number of rotatable bonds is 6. The first kappa shape index (κ1) is 23.3. The van der Waals surface area contributed by atoms with Crippen LogP contribution in [-0.4, -0.2) is 66.4 Å². The fourth-order valence-electron chi connectivity index (χ4n) is 4.17. The van der Waals surface area contributed by atoms with Gasteiger partial charge in [0.15, 0.2) is 24.0 Å². The molecular formula is C23H20ClN8O4+. The highest BCUT2D eigenvalue weighted by atomic mass is 35.5. The summed E-state index contributed by atoms with van der Waals surface area (Å²) in [6, 6.07) is 6.41. The number of carboxylic acid groups (broad SMARTS) is 1. The smallest absolute Gasteiger partial charge is 0.338 e. The van der Waals surface area contributed by atoms with Gasteiger partial charge in [-0.2, -0.15) is 9.83 Å². The lowest BCUT2D eigenvalue weighted by Crippen LogP contribution is -2.55. The Labute approximate surface area is 208 Å². The maximum absolute atomic E-state index is 13.0. The van der Waals surface area contributed by atoms with Crippen LogP contribution in [0.4, 0.5) is 0 Å². The Morgan fingerprint density at radius 2 is 2.17 bits per heavy atom. The second-order valence-electron chi connectivity index (χ2n) is 8.53. The lowest BCUT2D eigenvalue weighted by molar-refractivity contribution is -0.572. The van der Waals surface area contributed by atoms with Crippen LogP contribution in [0, 0.1) is 17.2 Å². The van der Waals surface area contributed by atoms with Crippen molar-refractivity contribution in [3.8, 4) is 11.9 Å². The number of aromatic nitrogens is 5. The van der Waals surface area contributed by atoms with Gasteiger partial charge in [0.1, 0.15) is 28.8 Å². The molecule has 1 aromatic carbocycles. The number of likely N-dealkylation sites (tertiary alicyclic amines) is 1. The number of nitriles is 1. The van der Waals surface area contributed by atoms with Crippen LogP contribution in [0.2, 0.25) is 5.02 Å². The summed E-state index contributed by atoms with van der Waals surface area (Å²) in [6.45, 7) is 2.02. The van der Waals surface area contributed by atoms with Crippen molar-refractivity contribution in [2.24, 2.45) is 5.92 Å². The summed E-state index contributed by atoms with van der Waals surface area (Å²) >= 11 is 6.12. The van der Waals surface area contributed by atoms with Crippen LogP contribution in [0.5, 0.6) is 0 Å². The number of amides is 2. The van der Waals surface area contributed by atoms with Crippen LogP contribution >= 0.6 is 11.6 Å². The molecule has 4 heterocycles. The van der Waals surface area contributed by atoms with E-state index in [1.165, 1.54) is 21.9 Å². The number of hydrogen-bond acceptors (Lipinski definition) is 6. The van der Waals surface area contributed by atoms with Crippen LogP contribution < -0.4 is 9.88 Å². The quantitative estimate of drug-likeness (QED) is 0.328. The minimum Gasteiger partial charge on any atom is -0.479 e. The van der Waals surface area contributed by atoms with Crippen LogP contribution in [0.25, 0.3) is 28.0 Å². The topological polar surface area (TPSA) is 161 Å². The number of halogens is 1. The standard InChI is InChI=1S/C23H19ClN8O4/c1-12(23(36)30-8-13(5-25)9-30)28-22(35)15-6-26-21-20(15)29-18(7-27-21)32-11-31(10-19(33)34)17-4-14(24)2-3-16(17)32/h2-4,6-7,11-13H,8-10H2,1H3,(H2-,26,27,28,29,33,34,35)/p+1/t12-/m1/s1. The van der Waals surface area contributed by atoms with E-state index in [0.717, 1.165) is 0 Å². The van der Waals surface area contributed by atoms with Gasteiger partial charge in [0.2, 0.25) is 5.91 Å². The van der Waals surface area contributed by atoms with E-state index in [4.69, 9.17) is 16.9 Å². The van der Waals surface area contributed by atoms with Crippen molar-refractivity contribution in [3.05, 3.63) is 47.5 Å². The number of hydrogen-bond donors (Lipinski definition) is 3. The molecule has 1 aliphatic rings. The molecule has 1 fully saturated rings. The van der Waals surface area contributed by atoms with E-state index in [1.807, 2.05) is 0 Å². The molecule has 0 spiro atoms. The molecule has 182 valence electrons. The summed E-state index contributed by atoms with van der Waals surface area (Å²) in [5, 5.41) is 21.3. The Morgan fingerprint density at radius 3 is 2.89 bits per heavy atom. The van der Waals surface area contributed by atoms with Crippen molar-refractivity contribution >= 4 is 51.6 Å². The van der Waals surface area contributed by atoms with E-state index in [-0.39, 0.29) is 23.9 Å². The monoisotopic (exact) mass is 507 g/mol. The first-order valence-electron chi connectivity index (χ1n) is 11.0. The molecule has 0 radical (unpaired) electrons. The second kappa shape index (κ2) is 8.94. The van der Waals surface area contributed by atoms with Crippen LogP contribution in [-0.2, 0) is 16.1 Å². The van der Waals surface area contributed by atoms with Gasteiger partial charge in [0.25, 0.3) is 11.7 Å². The Balaban J connectivity index is 1.45. The normalized spacial score (nSPS) is 14.4. The molecule has 0 unspecified atom stereocenters. The van der Waals surface area contributed by atoms with Gasteiger partial charge in [-0.25, -0.2) is 9.78 Å². The van der Waals surface area contributed by atoms with E-state index >= 15 is 0 Å². The third-order valence-electron chi connectivity index (χ3n) is 6.02. The molecule has 0 saturated carbocycles. The number of carbonyl (C=O) groups is 3. The Morgan fingerprint density at radius 1 is 1.39 bits per heavy atom. The minimum absolute atomic E-state index is 0.172. The van der Waals surface area contributed by atoms with Crippen LogP contribution in [0.3, 0.4) is 0 Å². The van der Waals surface area contributed by atoms with Crippen molar-refractivity contribution in [3.63, 3.8) is 0 Å². The van der Waals surface area contributed by atoms with Crippen molar-refractivity contribution in [2.45, 2.75) is 19.5 Å². The minimum atomic E-state index is -1.02. The summed E-state index contributed by atoms with van der Waals surface area (Å²) in [7, 11) is 0. The van der Waals surface area contributed by atoms with Gasteiger partial charge in [0, 0.05) is 24.3 Å². The number of H-pyrrole nitrogens is 1. The second-order valence-corrected chi connectivity index (χ2v) is 8.97. The number of fused-ring (bicyclic) bond motifs is 2. The van der Waals surface area contributed by atoms with E-state index in [1.54, 1.807) is 36.0 Å². The predicted molar refractivity (Wildman–Crippen MR) is 126 cm³/mol. The average Bonchev–Trinajstić information content (AvgIpc) is 3.39. The van der Waals surface area contributed by atoms with E-state index in [0.29, 0.717) is 46.1 Å². The summed E-state index contributed by atoms with van der Waals surface area (Å²) < 4.78 is 3.19. The van der Waals surface area contributed by atoms with E-state index < -0.39 is 17.9 Å². The van der Waals surface area contributed by atoms with E-state index in [2.05, 4.69) is 26.3 Å². The molecule has 13 heteroatoms. The highest BCUT2D eigenvalue weighted by Crippen LogP contribution is 2.21. The number of benzene rings is 1. The summed E-state index contributed by atoms with van der Waals surface area (Å²) in [6.07, 6.45) is 4.55. The maximum Gasteiger partial charge on any atom is 0.338 e. The molecule has 0 aliphatic carbocycles. The van der Waals surface area contributed by atoms with Crippen molar-refractivity contribution in [1.29, 1.82) is 5.26 Å². The molecular weight excluding hydrogens is 488 g/mol. The van der Waals surface area contributed by atoms with Crippen molar-refractivity contribution in [1.82, 2.24) is 29.7 Å². The lowest BCUT2D eigenvalue weighted by Gasteiger charge is -2.37. The highest BCUT2D eigenvalue weighted by molar-refractivity contribution is 6.31. The average molecular weight is 508 g/mol. The number of nitrogens with one attached hydrogen (secondary N) is 2. The molecule has 3 N–H and O–H groups in total. The third-order valence-corrected chi connectivity index (χ3v) is 6.26. The van der Waals surface area contributed by atoms with Gasteiger partial charge in [-0.1, -0.05) is 16.6 Å². The fraction of sp³-hybridized carbons (Fsp3) is 0.261. The molecule has 1 atom stereocenters. The van der Waals surface area contributed by atoms with Crippen molar-refractivity contribution < 1.29 is 24.1 Å². The Hall–Kier alpha value is -4.50. The Kier molecular flexibility index (Phi) is 5.77. The molecule has 5 rings (SSSR count). The molecule has 1 aliphatic heterocycles. The number of carbonyl (C=O) groups excluding carboxylic acids is 2. The zero-order chi connectivity index (χ0) is 25.6. The molecule has 0 bridgehead atoms. The maximum atomic E-state index is 13.0. The van der Waals surface area contributed by atoms with E-state index in [9.17, 15) is 19.5 Å². The van der Waals surface area contributed by atoms with Gasteiger partial charge in [-0.3, -0.25) is 14.2 Å². The van der Waals surface area contributed by atoms with Gasteiger partial charge < -0.3 is 20.3 Å². The van der Waals surface area contributed by atoms with Crippen LogP contribution in [0.15, 0.2) is 36.9 Å². The first-order chi connectivity index (χ1) is 17.2. The van der Waals surface area contributed by atoms with Crippen LogP contribution in [0.1, 0.15) is 17.3 Å². The van der Waals surface area contributed by atoms with Gasteiger partial charge >= 0.3 is 5.97 Å². The summed E-state index contributed by atoms with van der Waals surface area (Å²) in [5.74, 6) is -1.60. The van der Waals surface area contributed by atoms with Crippen molar-refractivity contribution in [2.75, 3.05) is 13.1 Å². The fourth-order valence-corrected chi connectivity index (χ4v) is 4.34. The summed E-state index contributed by atoms with van der Waals surface area (Å²) in [5.41, 5.74) is 2.12. The molecule has 36 heavy (non-hydrogen) atoms. The lowest BCUT2D eigenvalue weighted by atomic mass is 10.0. The Bertz CT molecular complexity index is 1580. The predicted octanol–water partition coefficient (Wildman–Crippen LogP) is 1.03. The number of aliphatic carboxylic acids is 1. The molecule has 3 aromatic heterocycles. The number of aromatic amines is 1. The largest absolute Gasteiger partial charge is 0.479 e. The van der Waals surface area contributed by atoms with Gasteiger partial charge in [0.05, 0.1) is 12.0 Å². The third kappa shape index (κ3) is 4.09. The highest BCUT2D eigenvalue weighted by Gasteiger charge is 2.34. The molecule has 1 saturated heterocycles. The number of imidazole rings is 1. The zero-order valence-electron chi connectivity index (χ0n) is 19.0. The SMILES string of the molecule is C[C@@H](NC(=O)c1c[nH]c2ncc(-[n+]3cn(CC(=O)O)c4cc(Cl)ccc43)nc12)C(=O)N1CC(C#N)C1. The molecule has 2 amide bonds. The van der Waals surface area contributed by atoms with Gasteiger partial charge in [-0.05, 0) is 25.1 Å². The first-order valence-corrected chi connectivity index (χ1v) is 11.4. The molecule has 4 aromatic rings. The zero-order valence-corrected chi connectivity index (χ0v) is 19.7. The van der Waals surface area contributed by atoms with Gasteiger partial charge in [-0.15, -0.1) is 0 Å². The number of carboxylic acids is 1. The number of nitrogens with zero attached hydrogens (tertiary/aromatic N) is 6. The molecule has 12 nitrogen and oxygen atoms in total. The summed E-state index contributed by atoms with van der Waals surface area (Å²) in [4.78, 5) is 50.3.